The highest BCUT2D eigenvalue weighted by atomic mass is 16.5. The Balaban J connectivity index is 1.98. The molecule has 0 bridgehead atoms. The molecule has 174 valence electrons. The van der Waals surface area contributed by atoms with Gasteiger partial charge in [-0.25, -0.2) is 15.0 Å². The molecule has 1 heterocycles. The smallest absolute Gasteiger partial charge is 0.167 e. The van der Waals surface area contributed by atoms with Crippen LogP contribution in [0.25, 0.3) is 34.2 Å². The molecule has 0 aliphatic heterocycles. The molecule has 7 nitrogen and oxygen atoms in total. The maximum absolute atomic E-state index is 5.63. The summed E-state index contributed by atoms with van der Waals surface area (Å²) in [5.74, 6) is 4.10. The number of benzene rings is 3. The number of methoxy groups -OCH3 is 4. The summed E-state index contributed by atoms with van der Waals surface area (Å²) in [4.78, 5) is 14.5. The van der Waals surface area contributed by atoms with Crippen molar-refractivity contribution in [2.75, 3.05) is 28.4 Å². The van der Waals surface area contributed by atoms with Crippen LogP contribution in [0.1, 0.15) is 11.1 Å². The van der Waals surface area contributed by atoms with Crippen LogP contribution < -0.4 is 18.9 Å². The normalized spacial score (nSPS) is 10.6. The summed E-state index contributed by atoms with van der Waals surface area (Å²) >= 11 is 0. The molecule has 7 heteroatoms. The van der Waals surface area contributed by atoms with Crippen LogP contribution in [0, 0.1) is 13.8 Å². The van der Waals surface area contributed by atoms with Gasteiger partial charge in [-0.3, -0.25) is 0 Å². The van der Waals surface area contributed by atoms with Crippen LogP contribution >= 0.6 is 0 Å². The Morgan fingerprint density at radius 1 is 0.500 bits per heavy atom. The van der Waals surface area contributed by atoms with Crippen molar-refractivity contribution in [1.82, 2.24) is 15.0 Å². The fourth-order valence-electron chi connectivity index (χ4n) is 3.77. The molecule has 34 heavy (non-hydrogen) atoms. The summed E-state index contributed by atoms with van der Waals surface area (Å²) in [5, 5.41) is 0. The second kappa shape index (κ2) is 9.79. The van der Waals surface area contributed by atoms with E-state index in [0.29, 0.717) is 40.5 Å². The van der Waals surface area contributed by atoms with Gasteiger partial charge in [0.25, 0.3) is 0 Å². The van der Waals surface area contributed by atoms with Gasteiger partial charge in [-0.1, -0.05) is 23.8 Å². The first-order valence-corrected chi connectivity index (χ1v) is 10.8. The Kier molecular flexibility index (Phi) is 6.63. The molecule has 0 aliphatic rings. The van der Waals surface area contributed by atoms with Crippen LogP contribution in [0.4, 0.5) is 0 Å². The van der Waals surface area contributed by atoms with Crippen LogP contribution in [-0.4, -0.2) is 43.4 Å². The predicted octanol–water partition coefficient (Wildman–Crippen LogP) is 5.52. The van der Waals surface area contributed by atoms with E-state index in [1.165, 1.54) is 5.56 Å². The van der Waals surface area contributed by atoms with Crippen molar-refractivity contribution >= 4 is 0 Å². The molecular formula is C27H27N3O4. The van der Waals surface area contributed by atoms with E-state index >= 15 is 0 Å². The number of ether oxygens (including phenoxy) is 4. The third-order valence-corrected chi connectivity index (χ3v) is 5.56. The first-order chi connectivity index (χ1) is 16.5. The van der Waals surface area contributed by atoms with Crippen molar-refractivity contribution in [3.05, 3.63) is 65.7 Å². The first kappa shape index (κ1) is 23.0. The molecule has 0 radical (unpaired) electrons. The summed E-state index contributed by atoms with van der Waals surface area (Å²) in [6.07, 6.45) is 0. The monoisotopic (exact) mass is 457 g/mol. The van der Waals surface area contributed by atoms with E-state index in [1.807, 2.05) is 55.5 Å². The SMILES string of the molecule is COc1ccc(-c2nc(-c3ccc(C)cc3C)nc(-c3ccc(OC)cc3OC)n2)c(OC)c1. The van der Waals surface area contributed by atoms with Crippen LogP contribution in [0.15, 0.2) is 54.6 Å². The summed E-state index contributed by atoms with van der Waals surface area (Å²) in [6, 6.07) is 17.3. The summed E-state index contributed by atoms with van der Waals surface area (Å²) in [6.45, 7) is 4.11. The Labute approximate surface area is 199 Å². The highest BCUT2D eigenvalue weighted by molar-refractivity contribution is 5.74. The standard InChI is InChI=1S/C27H27N3O4/c1-16-7-10-20(17(2)13-16)25-28-26(21-11-8-18(31-3)14-23(21)33-5)30-27(29-25)22-12-9-19(32-4)15-24(22)34-6/h7-15H,1-6H3. The van der Waals surface area contributed by atoms with Crippen LogP contribution in [0.2, 0.25) is 0 Å². The van der Waals surface area contributed by atoms with Gasteiger partial charge >= 0.3 is 0 Å². The van der Waals surface area contributed by atoms with Crippen molar-refractivity contribution < 1.29 is 18.9 Å². The van der Waals surface area contributed by atoms with Crippen molar-refractivity contribution in [2.24, 2.45) is 0 Å². The van der Waals surface area contributed by atoms with E-state index in [-0.39, 0.29) is 0 Å². The van der Waals surface area contributed by atoms with Gasteiger partial charge in [0.1, 0.15) is 23.0 Å². The Bertz CT molecular complexity index is 1260. The maximum atomic E-state index is 5.63. The summed E-state index contributed by atoms with van der Waals surface area (Å²) in [7, 11) is 6.45. The van der Waals surface area contributed by atoms with Gasteiger partial charge in [0, 0.05) is 17.7 Å². The van der Waals surface area contributed by atoms with Crippen LogP contribution in [0.3, 0.4) is 0 Å². The zero-order valence-corrected chi connectivity index (χ0v) is 20.2. The lowest BCUT2D eigenvalue weighted by Crippen LogP contribution is -2.03. The fraction of sp³-hybridized carbons (Fsp3) is 0.222. The molecule has 0 spiro atoms. The molecule has 1 aromatic heterocycles. The van der Waals surface area contributed by atoms with Gasteiger partial charge in [-0.05, 0) is 43.7 Å². The number of hydrogen-bond donors (Lipinski definition) is 0. The average Bonchev–Trinajstić information content (AvgIpc) is 2.87. The van der Waals surface area contributed by atoms with Gasteiger partial charge in [0.2, 0.25) is 0 Å². The molecule has 0 aliphatic carbocycles. The fourth-order valence-corrected chi connectivity index (χ4v) is 3.77. The Morgan fingerprint density at radius 2 is 0.941 bits per heavy atom. The molecule has 0 atom stereocenters. The predicted molar refractivity (Wildman–Crippen MR) is 132 cm³/mol. The van der Waals surface area contributed by atoms with E-state index in [9.17, 15) is 0 Å². The van der Waals surface area contributed by atoms with Crippen LogP contribution in [0.5, 0.6) is 23.0 Å². The lowest BCUT2D eigenvalue weighted by molar-refractivity contribution is 0.395. The van der Waals surface area contributed by atoms with Gasteiger partial charge in [-0.15, -0.1) is 0 Å². The highest BCUT2D eigenvalue weighted by Crippen LogP contribution is 2.36. The molecule has 0 saturated heterocycles. The molecule has 0 unspecified atom stereocenters. The van der Waals surface area contributed by atoms with Crippen molar-refractivity contribution in [1.29, 1.82) is 0 Å². The average molecular weight is 458 g/mol. The molecular weight excluding hydrogens is 430 g/mol. The lowest BCUT2D eigenvalue weighted by atomic mass is 10.0. The first-order valence-electron chi connectivity index (χ1n) is 10.8. The third kappa shape index (κ3) is 4.50. The Hall–Kier alpha value is -4.13. The van der Waals surface area contributed by atoms with E-state index in [0.717, 1.165) is 22.3 Å². The number of nitrogens with zero attached hydrogens (tertiary/aromatic N) is 3. The lowest BCUT2D eigenvalue weighted by Gasteiger charge is -2.14. The van der Waals surface area contributed by atoms with Gasteiger partial charge in [-0.2, -0.15) is 0 Å². The summed E-state index contributed by atoms with van der Waals surface area (Å²) in [5.41, 5.74) is 4.63. The minimum absolute atomic E-state index is 0.484. The zero-order valence-electron chi connectivity index (χ0n) is 20.2. The molecule has 3 aromatic carbocycles. The van der Waals surface area contributed by atoms with E-state index in [1.54, 1.807) is 28.4 Å². The van der Waals surface area contributed by atoms with E-state index in [4.69, 9.17) is 33.9 Å². The zero-order chi connectivity index (χ0) is 24.2. The van der Waals surface area contributed by atoms with Crippen LogP contribution in [-0.2, 0) is 0 Å². The topological polar surface area (TPSA) is 75.6 Å². The van der Waals surface area contributed by atoms with E-state index in [2.05, 4.69) is 13.0 Å². The van der Waals surface area contributed by atoms with Crippen molar-refractivity contribution in [3.63, 3.8) is 0 Å². The third-order valence-electron chi connectivity index (χ3n) is 5.56. The van der Waals surface area contributed by atoms with Gasteiger partial charge in [0.05, 0.1) is 39.6 Å². The second-order valence-corrected chi connectivity index (χ2v) is 7.76. The van der Waals surface area contributed by atoms with Crippen molar-refractivity contribution in [2.45, 2.75) is 13.8 Å². The van der Waals surface area contributed by atoms with E-state index < -0.39 is 0 Å². The molecule has 0 fully saturated rings. The highest BCUT2D eigenvalue weighted by Gasteiger charge is 2.19. The maximum Gasteiger partial charge on any atom is 0.167 e. The number of aromatic nitrogens is 3. The molecule has 0 saturated carbocycles. The minimum Gasteiger partial charge on any atom is -0.497 e. The molecule has 0 amide bonds. The Morgan fingerprint density at radius 3 is 1.35 bits per heavy atom. The largest absolute Gasteiger partial charge is 0.497 e. The number of aryl methyl sites for hydroxylation is 2. The number of rotatable bonds is 7. The quantitative estimate of drug-likeness (QED) is 0.361. The molecule has 4 aromatic rings. The molecule has 4 rings (SSSR count). The van der Waals surface area contributed by atoms with Gasteiger partial charge < -0.3 is 18.9 Å². The van der Waals surface area contributed by atoms with Crippen molar-refractivity contribution in [3.8, 4) is 57.2 Å². The summed E-state index contributed by atoms with van der Waals surface area (Å²) < 4.78 is 22.0. The number of hydrogen-bond acceptors (Lipinski definition) is 7. The van der Waals surface area contributed by atoms with Gasteiger partial charge in [0.15, 0.2) is 17.5 Å². The second-order valence-electron chi connectivity index (χ2n) is 7.76. The minimum atomic E-state index is 0.484. The molecule has 0 N–H and O–H groups in total.